The minimum absolute atomic E-state index is 0.185. The highest BCUT2D eigenvalue weighted by molar-refractivity contribution is 7.98. The molecule has 0 spiro atoms. The van der Waals surface area contributed by atoms with Crippen LogP contribution in [0, 0.1) is 5.82 Å². The van der Waals surface area contributed by atoms with Crippen LogP contribution < -0.4 is 4.90 Å². The predicted octanol–water partition coefficient (Wildman–Crippen LogP) is 5.58. The fourth-order valence-electron chi connectivity index (χ4n) is 3.26. The number of thioether (sulfide) groups is 1. The Labute approximate surface area is 199 Å². The van der Waals surface area contributed by atoms with Crippen molar-refractivity contribution in [3.05, 3.63) is 71.0 Å². The number of hydrogen-bond acceptors (Lipinski definition) is 7. The fraction of sp³-hybridized carbons (Fsp3) is 0.261. The zero-order chi connectivity index (χ0) is 23.2. The first kappa shape index (κ1) is 23.1. The SMILES string of the molecule is CCCCc1ccc(-n2nnnc2SCc2csc(N(C(C)=O)c3ccccc3F)n2)cc1. The minimum Gasteiger partial charge on any atom is -0.274 e. The monoisotopic (exact) mass is 482 g/mol. The number of aryl methyl sites for hydroxylation is 1. The normalized spacial score (nSPS) is 11.0. The second kappa shape index (κ2) is 10.7. The van der Waals surface area contributed by atoms with Crippen LogP contribution in [0.4, 0.5) is 15.2 Å². The molecular formula is C23H23FN6OS2. The first-order valence-electron chi connectivity index (χ1n) is 10.6. The van der Waals surface area contributed by atoms with Gasteiger partial charge >= 0.3 is 0 Å². The standard InChI is InChI=1S/C23H23FN6OS2/c1-3-4-7-17-10-12-19(13-11-17)30-23(26-27-28-30)33-15-18-14-32-22(25-18)29(16(2)31)21-9-6-5-8-20(21)24/h5-6,8-14H,3-4,7,15H2,1-2H3. The number of carbonyl (C=O) groups is 1. The molecule has 7 nitrogen and oxygen atoms in total. The maximum absolute atomic E-state index is 14.3. The van der Waals surface area contributed by atoms with Gasteiger partial charge in [-0.3, -0.25) is 9.69 Å². The molecule has 2 heterocycles. The molecule has 0 fully saturated rings. The van der Waals surface area contributed by atoms with E-state index in [4.69, 9.17) is 0 Å². The summed E-state index contributed by atoms with van der Waals surface area (Å²) in [5.74, 6) is -0.271. The smallest absolute Gasteiger partial charge is 0.230 e. The van der Waals surface area contributed by atoms with Gasteiger partial charge in [0, 0.05) is 18.1 Å². The van der Waals surface area contributed by atoms with E-state index in [1.807, 2.05) is 17.5 Å². The predicted molar refractivity (Wildman–Crippen MR) is 129 cm³/mol. The van der Waals surface area contributed by atoms with Crippen molar-refractivity contribution in [2.24, 2.45) is 0 Å². The summed E-state index contributed by atoms with van der Waals surface area (Å²) < 4.78 is 16.0. The summed E-state index contributed by atoms with van der Waals surface area (Å²) in [5.41, 5.74) is 3.13. The quantitative estimate of drug-likeness (QED) is 0.290. The highest BCUT2D eigenvalue weighted by Gasteiger charge is 2.21. The molecule has 0 saturated carbocycles. The highest BCUT2D eigenvalue weighted by Crippen LogP contribution is 2.32. The lowest BCUT2D eigenvalue weighted by molar-refractivity contribution is -0.115. The van der Waals surface area contributed by atoms with Crippen molar-refractivity contribution in [2.75, 3.05) is 4.90 Å². The van der Waals surface area contributed by atoms with Crippen LogP contribution in [0.15, 0.2) is 59.1 Å². The van der Waals surface area contributed by atoms with Gasteiger partial charge < -0.3 is 0 Å². The average molecular weight is 483 g/mol. The van der Waals surface area contributed by atoms with Crippen LogP contribution >= 0.6 is 23.1 Å². The van der Waals surface area contributed by atoms with Crippen LogP contribution in [0.5, 0.6) is 0 Å². The summed E-state index contributed by atoms with van der Waals surface area (Å²) >= 11 is 2.74. The van der Waals surface area contributed by atoms with Gasteiger partial charge in [-0.05, 0) is 53.1 Å². The van der Waals surface area contributed by atoms with E-state index < -0.39 is 5.82 Å². The number of carbonyl (C=O) groups excluding carboxylic acids is 1. The zero-order valence-corrected chi connectivity index (χ0v) is 19.9. The Morgan fingerprint density at radius 1 is 1.18 bits per heavy atom. The largest absolute Gasteiger partial charge is 0.274 e. The molecule has 0 unspecified atom stereocenters. The molecule has 0 N–H and O–H groups in total. The van der Waals surface area contributed by atoms with Crippen molar-refractivity contribution < 1.29 is 9.18 Å². The van der Waals surface area contributed by atoms with Gasteiger partial charge in [0.15, 0.2) is 5.13 Å². The van der Waals surface area contributed by atoms with Crippen LogP contribution in [0.25, 0.3) is 5.69 Å². The van der Waals surface area contributed by atoms with Crippen LogP contribution in [-0.2, 0) is 17.0 Å². The van der Waals surface area contributed by atoms with Crippen molar-refractivity contribution >= 4 is 39.8 Å². The number of aromatic nitrogens is 5. The number of halogens is 1. The van der Waals surface area contributed by atoms with Crippen molar-refractivity contribution in [3.63, 3.8) is 0 Å². The fourth-order valence-corrected chi connectivity index (χ4v) is 5.03. The lowest BCUT2D eigenvalue weighted by atomic mass is 10.1. The number of benzene rings is 2. The average Bonchev–Trinajstić information content (AvgIpc) is 3.47. The Morgan fingerprint density at radius 3 is 2.70 bits per heavy atom. The maximum atomic E-state index is 14.3. The van der Waals surface area contributed by atoms with Crippen molar-refractivity contribution in [2.45, 2.75) is 44.0 Å². The van der Waals surface area contributed by atoms with Crippen LogP contribution in [-0.4, -0.2) is 31.1 Å². The summed E-state index contributed by atoms with van der Waals surface area (Å²) in [6.07, 6.45) is 3.39. The van der Waals surface area contributed by atoms with Crippen LogP contribution in [0.1, 0.15) is 37.9 Å². The third kappa shape index (κ3) is 5.45. The number of amides is 1. The molecule has 10 heteroatoms. The van der Waals surface area contributed by atoms with Gasteiger partial charge in [0.2, 0.25) is 11.1 Å². The Balaban J connectivity index is 1.47. The molecule has 0 aliphatic rings. The summed E-state index contributed by atoms with van der Waals surface area (Å²) in [4.78, 5) is 18.1. The van der Waals surface area contributed by atoms with Gasteiger partial charge in [-0.25, -0.2) is 9.37 Å². The number of hydrogen-bond donors (Lipinski definition) is 0. The van der Waals surface area contributed by atoms with E-state index in [1.54, 1.807) is 22.9 Å². The number of rotatable bonds is 9. The number of tetrazole rings is 1. The molecule has 0 saturated heterocycles. The minimum atomic E-state index is -0.473. The molecule has 0 atom stereocenters. The van der Waals surface area contributed by atoms with E-state index in [9.17, 15) is 9.18 Å². The molecule has 4 rings (SSSR count). The zero-order valence-electron chi connectivity index (χ0n) is 18.3. The lowest BCUT2D eigenvalue weighted by Gasteiger charge is -2.18. The Kier molecular flexibility index (Phi) is 7.46. The van der Waals surface area contributed by atoms with Gasteiger partial charge in [-0.1, -0.05) is 49.4 Å². The van der Waals surface area contributed by atoms with E-state index in [-0.39, 0.29) is 11.6 Å². The second-order valence-corrected chi connectivity index (χ2v) is 9.14. The number of thiazole rings is 1. The molecular weight excluding hydrogens is 459 g/mol. The molecule has 0 aliphatic carbocycles. The third-order valence-electron chi connectivity index (χ3n) is 4.93. The van der Waals surface area contributed by atoms with Crippen molar-refractivity contribution in [3.8, 4) is 5.69 Å². The van der Waals surface area contributed by atoms with Gasteiger partial charge in [-0.2, -0.15) is 4.68 Å². The van der Waals surface area contributed by atoms with Crippen molar-refractivity contribution in [1.82, 2.24) is 25.2 Å². The summed E-state index contributed by atoms with van der Waals surface area (Å²) in [6.45, 7) is 3.58. The summed E-state index contributed by atoms with van der Waals surface area (Å²) in [7, 11) is 0. The van der Waals surface area contributed by atoms with E-state index in [0.29, 0.717) is 16.0 Å². The van der Waals surface area contributed by atoms with E-state index in [2.05, 4.69) is 39.6 Å². The van der Waals surface area contributed by atoms with Crippen LogP contribution in [0.2, 0.25) is 0 Å². The van der Waals surface area contributed by atoms with E-state index in [1.165, 1.54) is 59.4 Å². The number of nitrogens with zero attached hydrogens (tertiary/aromatic N) is 6. The molecule has 0 radical (unpaired) electrons. The first-order valence-corrected chi connectivity index (χ1v) is 12.4. The third-order valence-corrected chi connectivity index (χ3v) is 6.76. The maximum Gasteiger partial charge on any atom is 0.230 e. The molecule has 0 aliphatic heterocycles. The summed E-state index contributed by atoms with van der Waals surface area (Å²) in [5, 5.41) is 15.0. The highest BCUT2D eigenvalue weighted by atomic mass is 32.2. The lowest BCUT2D eigenvalue weighted by Crippen LogP contribution is -2.23. The molecule has 2 aromatic heterocycles. The Bertz CT molecular complexity index is 1220. The van der Waals surface area contributed by atoms with Gasteiger partial charge in [0.05, 0.1) is 17.1 Å². The van der Waals surface area contributed by atoms with Crippen molar-refractivity contribution in [1.29, 1.82) is 0 Å². The topological polar surface area (TPSA) is 76.8 Å². The second-order valence-electron chi connectivity index (χ2n) is 7.36. The first-order chi connectivity index (χ1) is 16.1. The molecule has 170 valence electrons. The van der Waals surface area contributed by atoms with Gasteiger partial charge in [0.1, 0.15) is 5.82 Å². The number of para-hydroxylation sites is 1. The van der Waals surface area contributed by atoms with E-state index >= 15 is 0 Å². The number of anilines is 2. The van der Waals surface area contributed by atoms with Gasteiger partial charge in [0.25, 0.3) is 0 Å². The van der Waals surface area contributed by atoms with E-state index in [0.717, 1.165) is 17.8 Å². The van der Waals surface area contributed by atoms with Gasteiger partial charge in [-0.15, -0.1) is 16.4 Å². The summed E-state index contributed by atoms with van der Waals surface area (Å²) in [6, 6.07) is 14.4. The molecule has 2 aromatic carbocycles. The van der Waals surface area contributed by atoms with Crippen LogP contribution in [0.3, 0.4) is 0 Å². The molecule has 4 aromatic rings. The molecule has 1 amide bonds. The Hall–Kier alpha value is -3.11. The molecule has 33 heavy (non-hydrogen) atoms. The molecule has 0 bridgehead atoms. The Morgan fingerprint density at radius 2 is 1.97 bits per heavy atom. The number of unbranched alkanes of at least 4 members (excludes halogenated alkanes) is 1.